The van der Waals surface area contributed by atoms with Gasteiger partial charge < -0.3 is 0 Å². The zero-order valence-electron chi connectivity index (χ0n) is 17.1. The van der Waals surface area contributed by atoms with E-state index in [4.69, 9.17) is 0 Å². The molecule has 1 unspecified atom stereocenters. The highest BCUT2D eigenvalue weighted by Gasteiger charge is 2.22. The monoisotopic (exact) mass is 340 g/mol. The molecule has 2 aromatic rings. The topological polar surface area (TPSA) is 17.1 Å². The second-order valence-corrected chi connectivity index (χ2v) is 7.06. The van der Waals surface area contributed by atoms with Gasteiger partial charge in [-0.15, -0.1) is 0 Å². The van der Waals surface area contributed by atoms with Crippen molar-refractivity contribution in [3.8, 4) is 0 Å². The van der Waals surface area contributed by atoms with E-state index >= 15 is 0 Å². The first-order chi connectivity index (χ1) is 11.9. The summed E-state index contributed by atoms with van der Waals surface area (Å²) in [7, 11) is 0. The summed E-state index contributed by atoms with van der Waals surface area (Å²) in [4.78, 5) is 12.7. The van der Waals surface area contributed by atoms with Gasteiger partial charge in [0.15, 0.2) is 5.78 Å². The molecular formula is C24H36O. The lowest BCUT2D eigenvalue weighted by atomic mass is 9.84. The lowest BCUT2D eigenvalue weighted by Gasteiger charge is -2.18. The molecule has 0 fully saturated rings. The molecule has 1 nitrogen and oxygen atoms in total. The van der Waals surface area contributed by atoms with Crippen LogP contribution in [0.1, 0.15) is 76.7 Å². The van der Waals surface area contributed by atoms with E-state index in [9.17, 15) is 4.79 Å². The molecule has 0 bridgehead atoms. The quantitative estimate of drug-likeness (QED) is 0.519. The van der Waals surface area contributed by atoms with Gasteiger partial charge in [-0.05, 0) is 23.8 Å². The number of hydrogen-bond acceptors (Lipinski definition) is 1. The maximum atomic E-state index is 12.7. The molecule has 2 aromatic carbocycles. The number of hydrogen-bond donors (Lipinski definition) is 0. The van der Waals surface area contributed by atoms with Gasteiger partial charge in [-0.25, -0.2) is 0 Å². The molecule has 0 amide bonds. The summed E-state index contributed by atoms with van der Waals surface area (Å²) in [5.74, 6) is 1.52. The van der Waals surface area contributed by atoms with Crippen molar-refractivity contribution < 1.29 is 4.79 Å². The number of carbonyl (C=O) groups excluding carboxylic acids is 1. The molecule has 1 atom stereocenters. The van der Waals surface area contributed by atoms with Gasteiger partial charge in [0.25, 0.3) is 0 Å². The molecule has 0 radical (unpaired) electrons. The van der Waals surface area contributed by atoms with Crippen LogP contribution in [0.25, 0.3) is 0 Å². The first-order valence-electron chi connectivity index (χ1n) is 9.56. The molecule has 0 saturated heterocycles. The van der Waals surface area contributed by atoms with Crippen molar-refractivity contribution in [2.45, 2.75) is 60.8 Å². The standard InChI is InChI=1S/C18H20O.C4H10.C2H6/c1-14(2)13-17(15-9-5-3-6-10-15)18(19)16-11-7-4-8-12-16;1-4(2)3;1-2/h3-12,14,17H,13H2,1-2H3;4H,1-3H3;1-2H3. The van der Waals surface area contributed by atoms with Crippen LogP contribution in [0.5, 0.6) is 0 Å². The van der Waals surface area contributed by atoms with Crippen LogP contribution in [0.15, 0.2) is 60.7 Å². The van der Waals surface area contributed by atoms with E-state index in [0.717, 1.165) is 23.5 Å². The SMILES string of the molecule is CC.CC(C)C.CC(C)CC(C(=O)c1ccccc1)c1ccccc1. The molecule has 0 spiro atoms. The van der Waals surface area contributed by atoms with Crippen molar-refractivity contribution in [3.05, 3.63) is 71.8 Å². The van der Waals surface area contributed by atoms with Gasteiger partial charge in [-0.3, -0.25) is 4.79 Å². The van der Waals surface area contributed by atoms with Crippen LogP contribution >= 0.6 is 0 Å². The molecule has 2 rings (SSSR count). The van der Waals surface area contributed by atoms with Crippen LogP contribution in [0.2, 0.25) is 0 Å². The third-order valence-corrected chi connectivity index (χ3v) is 3.28. The minimum absolute atomic E-state index is 0.0383. The fourth-order valence-corrected chi connectivity index (χ4v) is 2.35. The van der Waals surface area contributed by atoms with Crippen LogP contribution in [0, 0.1) is 11.8 Å². The molecule has 0 N–H and O–H groups in total. The van der Waals surface area contributed by atoms with Gasteiger partial charge in [0.1, 0.15) is 0 Å². The lowest BCUT2D eigenvalue weighted by Crippen LogP contribution is -2.15. The lowest BCUT2D eigenvalue weighted by molar-refractivity contribution is 0.0948. The highest BCUT2D eigenvalue weighted by molar-refractivity contribution is 6.00. The van der Waals surface area contributed by atoms with Crippen LogP contribution in [-0.4, -0.2) is 5.78 Å². The number of benzene rings is 2. The van der Waals surface area contributed by atoms with E-state index in [1.165, 1.54) is 0 Å². The van der Waals surface area contributed by atoms with Gasteiger partial charge in [0.05, 0.1) is 0 Å². The predicted molar refractivity (Wildman–Crippen MR) is 111 cm³/mol. The summed E-state index contributed by atoms with van der Waals surface area (Å²) < 4.78 is 0. The first kappa shape index (κ1) is 23.1. The zero-order valence-corrected chi connectivity index (χ0v) is 17.1. The maximum absolute atomic E-state index is 12.7. The highest BCUT2D eigenvalue weighted by Crippen LogP contribution is 2.27. The van der Waals surface area contributed by atoms with Gasteiger partial charge in [-0.1, -0.05) is 109 Å². The van der Waals surface area contributed by atoms with E-state index in [0.29, 0.717) is 5.92 Å². The molecule has 25 heavy (non-hydrogen) atoms. The molecule has 1 heteroatoms. The Bertz CT molecular complexity index is 552. The number of rotatable bonds is 5. The Balaban J connectivity index is 0.000000845. The van der Waals surface area contributed by atoms with Crippen LogP contribution in [-0.2, 0) is 0 Å². The van der Waals surface area contributed by atoms with E-state index in [1.54, 1.807) is 0 Å². The van der Waals surface area contributed by atoms with Crippen molar-refractivity contribution in [2.75, 3.05) is 0 Å². The van der Waals surface area contributed by atoms with E-state index < -0.39 is 0 Å². The van der Waals surface area contributed by atoms with Crippen molar-refractivity contribution in [1.29, 1.82) is 0 Å². The molecule has 0 aliphatic rings. The number of ketones is 1. The summed E-state index contributed by atoms with van der Waals surface area (Å²) in [5.41, 5.74) is 1.92. The van der Waals surface area contributed by atoms with Gasteiger partial charge in [-0.2, -0.15) is 0 Å². The number of carbonyl (C=O) groups is 1. The Labute approximate surface area is 155 Å². The summed E-state index contributed by atoms with van der Waals surface area (Å²) in [6.45, 7) is 14.8. The summed E-state index contributed by atoms with van der Waals surface area (Å²) in [6, 6.07) is 19.7. The first-order valence-corrected chi connectivity index (χ1v) is 9.56. The van der Waals surface area contributed by atoms with E-state index in [2.05, 4.69) is 34.6 Å². The average molecular weight is 341 g/mol. The third-order valence-electron chi connectivity index (χ3n) is 3.28. The van der Waals surface area contributed by atoms with Crippen LogP contribution in [0.3, 0.4) is 0 Å². The zero-order chi connectivity index (χ0) is 19.2. The molecule has 0 aliphatic heterocycles. The minimum atomic E-state index is -0.0383. The van der Waals surface area contributed by atoms with Gasteiger partial charge >= 0.3 is 0 Å². The fraction of sp³-hybridized carbons (Fsp3) is 0.458. The second kappa shape index (κ2) is 13.4. The molecule has 0 aromatic heterocycles. The Kier molecular flexibility index (Phi) is 12.4. The van der Waals surface area contributed by atoms with Gasteiger partial charge in [0.2, 0.25) is 0 Å². The summed E-state index contributed by atoms with van der Waals surface area (Å²) in [6.07, 6.45) is 0.887. The fourth-order valence-electron chi connectivity index (χ4n) is 2.35. The Hall–Kier alpha value is -1.89. The predicted octanol–water partition coefficient (Wildman–Crippen LogP) is 7.39. The van der Waals surface area contributed by atoms with Crippen LogP contribution in [0.4, 0.5) is 0 Å². The average Bonchev–Trinajstić information content (AvgIpc) is 2.62. The molecule has 0 aliphatic carbocycles. The molecule has 0 saturated carbocycles. The Morgan fingerprint density at radius 2 is 1.16 bits per heavy atom. The normalized spacial score (nSPS) is 11.1. The van der Waals surface area contributed by atoms with Crippen molar-refractivity contribution in [3.63, 3.8) is 0 Å². The number of Topliss-reactive ketones (excluding diaryl/α,β-unsaturated/α-hetero) is 1. The minimum Gasteiger partial charge on any atom is -0.293 e. The van der Waals surface area contributed by atoms with Gasteiger partial charge in [0, 0.05) is 11.5 Å². The molecule has 138 valence electrons. The summed E-state index contributed by atoms with van der Waals surface area (Å²) in [5, 5.41) is 0. The maximum Gasteiger partial charge on any atom is 0.170 e. The molecule has 0 heterocycles. The van der Waals surface area contributed by atoms with E-state index in [-0.39, 0.29) is 11.7 Å². The molecular weight excluding hydrogens is 304 g/mol. The Morgan fingerprint density at radius 1 is 0.760 bits per heavy atom. The van der Waals surface area contributed by atoms with Crippen molar-refractivity contribution in [2.24, 2.45) is 11.8 Å². The van der Waals surface area contributed by atoms with E-state index in [1.807, 2.05) is 74.5 Å². The smallest absolute Gasteiger partial charge is 0.170 e. The second-order valence-electron chi connectivity index (χ2n) is 7.06. The van der Waals surface area contributed by atoms with Crippen molar-refractivity contribution >= 4 is 5.78 Å². The van der Waals surface area contributed by atoms with Crippen molar-refractivity contribution in [1.82, 2.24) is 0 Å². The largest absolute Gasteiger partial charge is 0.293 e. The van der Waals surface area contributed by atoms with Crippen LogP contribution < -0.4 is 0 Å². The third kappa shape index (κ3) is 9.86. The Morgan fingerprint density at radius 3 is 1.56 bits per heavy atom. The summed E-state index contributed by atoms with van der Waals surface area (Å²) >= 11 is 0. The highest BCUT2D eigenvalue weighted by atomic mass is 16.1.